The minimum absolute atomic E-state index is 0.0134. The van der Waals surface area contributed by atoms with E-state index in [1.165, 1.54) is 0 Å². The highest BCUT2D eigenvalue weighted by Gasteiger charge is 2.61. The van der Waals surface area contributed by atoms with Crippen LogP contribution in [0.3, 0.4) is 0 Å². The highest BCUT2D eigenvalue weighted by molar-refractivity contribution is 7.90. The molecule has 22 heavy (non-hydrogen) atoms. The first kappa shape index (κ1) is 15.4. The minimum Gasteiger partial charge on any atom is -0.380 e. The number of carbonyl (C=O) groups excluding carboxylic acids is 1. The Labute approximate surface area is 128 Å². The van der Waals surface area contributed by atoms with E-state index in [-0.39, 0.29) is 13.0 Å². The lowest BCUT2D eigenvalue weighted by Crippen LogP contribution is -2.43. The van der Waals surface area contributed by atoms with Crippen LogP contribution in [0, 0.1) is 5.92 Å². The number of amides is 1. The van der Waals surface area contributed by atoms with Crippen molar-refractivity contribution < 1.29 is 22.3 Å². The average Bonchev–Trinajstić information content (AvgIpc) is 3.22. The third kappa shape index (κ3) is 2.87. The third-order valence-electron chi connectivity index (χ3n) is 4.26. The monoisotopic (exact) mass is 327 g/mol. The van der Waals surface area contributed by atoms with E-state index in [1.807, 2.05) is 4.72 Å². The lowest BCUT2D eigenvalue weighted by Gasteiger charge is -2.22. The number of alkyl halides is 1. The molecule has 3 rings (SSSR count). The Kier molecular flexibility index (Phi) is 3.94. The molecule has 7 heteroatoms. The Bertz CT molecular complexity index is 657. The molecule has 3 unspecified atom stereocenters. The number of nitrogens with one attached hydrogen (secondary N) is 1. The first-order valence-electron chi connectivity index (χ1n) is 7.31. The molecule has 0 aromatic heterocycles. The first-order valence-corrected chi connectivity index (χ1v) is 8.86. The predicted octanol–water partition coefficient (Wildman–Crippen LogP) is 1.50. The average molecular weight is 327 g/mol. The van der Waals surface area contributed by atoms with Crippen LogP contribution >= 0.6 is 0 Å². The fraction of sp³-hybridized carbons (Fsp3) is 0.533. The summed E-state index contributed by atoms with van der Waals surface area (Å²) >= 11 is 0. The van der Waals surface area contributed by atoms with E-state index in [0.717, 1.165) is 0 Å². The summed E-state index contributed by atoms with van der Waals surface area (Å²) in [5.41, 5.74) is -1.35. The van der Waals surface area contributed by atoms with Gasteiger partial charge in [0, 0.05) is 13.0 Å². The van der Waals surface area contributed by atoms with E-state index in [2.05, 4.69) is 0 Å². The van der Waals surface area contributed by atoms with Gasteiger partial charge < -0.3 is 4.74 Å². The maximum atomic E-state index is 14.7. The molecule has 1 aliphatic carbocycles. The van der Waals surface area contributed by atoms with Crippen LogP contribution in [0.1, 0.15) is 24.8 Å². The molecule has 1 saturated carbocycles. The van der Waals surface area contributed by atoms with E-state index in [1.54, 1.807) is 30.3 Å². The molecule has 1 amide bonds. The lowest BCUT2D eigenvalue weighted by atomic mass is 10.1. The Morgan fingerprint density at radius 1 is 1.32 bits per heavy atom. The van der Waals surface area contributed by atoms with Crippen molar-refractivity contribution in [1.82, 2.24) is 4.72 Å². The molecule has 0 spiro atoms. The van der Waals surface area contributed by atoms with Gasteiger partial charge in [-0.2, -0.15) is 0 Å². The second-order valence-electron chi connectivity index (χ2n) is 5.84. The maximum Gasteiger partial charge on any atom is 0.240 e. The zero-order chi connectivity index (χ0) is 15.8. The number of ether oxygens (including phenoxy) is 1. The standard InChI is InChI=1S/C15H18FNO4S/c16-15(11-5-2-1-3-6-11)9-13(15)14(18)17-22(19,20)12-7-4-8-21-10-12/h1-3,5-6,12-13H,4,7-10H2,(H,17,18). The van der Waals surface area contributed by atoms with Crippen molar-refractivity contribution in [3.05, 3.63) is 35.9 Å². The van der Waals surface area contributed by atoms with Crippen LogP contribution in [-0.4, -0.2) is 32.8 Å². The fourth-order valence-electron chi connectivity index (χ4n) is 2.82. The van der Waals surface area contributed by atoms with Gasteiger partial charge in [0.2, 0.25) is 15.9 Å². The number of benzene rings is 1. The van der Waals surface area contributed by atoms with E-state index < -0.39 is 32.8 Å². The van der Waals surface area contributed by atoms with Crippen LogP contribution in [0.15, 0.2) is 30.3 Å². The van der Waals surface area contributed by atoms with E-state index in [9.17, 15) is 17.6 Å². The molecule has 1 N–H and O–H groups in total. The topological polar surface area (TPSA) is 72.5 Å². The molecule has 3 atom stereocenters. The second kappa shape index (κ2) is 5.62. The molecule has 0 radical (unpaired) electrons. The zero-order valence-corrected chi connectivity index (χ0v) is 12.8. The molecule has 1 heterocycles. The molecule has 1 saturated heterocycles. The highest BCUT2D eigenvalue weighted by Crippen LogP contribution is 2.55. The summed E-state index contributed by atoms with van der Waals surface area (Å²) in [5, 5.41) is -0.741. The minimum atomic E-state index is -3.81. The molecule has 0 bridgehead atoms. The molecule has 2 aliphatic rings. The molecule has 1 aromatic rings. The number of carbonyl (C=O) groups is 1. The molecule has 1 aromatic carbocycles. The third-order valence-corrected chi connectivity index (χ3v) is 6.00. The van der Waals surface area contributed by atoms with Crippen LogP contribution in [0.4, 0.5) is 4.39 Å². The van der Waals surface area contributed by atoms with E-state index in [0.29, 0.717) is 25.0 Å². The zero-order valence-electron chi connectivity index (χ0n) is 12.0. The maximum absolute atomic E-state index is 14.7. The summed E-state index contributed by atoms with van der Waals surface area (Å²) in [4.78, 5) is 12.1. The molecule has 5 nitrogen and oxygen atoms in total. The first-order chi connectivity index (χ1) is 10.4. The Morgan fingerprint density at radius 3 is 2.68 bits per heavy atom. The van der Waals surface area contributed by atoms with Gasteiger partial charge in [-0.1, -0.05) is 30.3 Å². The summed E-state index contributed by atoms with van der Waals surface area (Å²) in [6, 6.07) is 8.37. The van der Waals surface area contributed by atoms with Crippen molar-refractivity contribution in [2.24, 2.45) is 5.92 Å². The van der Waals surface area contributed by atoms with Crippen molar-refractivity contribution in [3.8, 4) is 0 Å². The normalized spacial score (nSPS) is 31.5. The summed E-state index contributed by atoms with van der Waals surface area (Å²) in [7, 11) is -3.81. The van der Waals surface area contributed by atoms with Gasteiger partial charge in [0.25, 0.3) is 0 Å². The van der Waals surface area contributed by atoms with Gasteiger partial charge >= 0.3 is 0 Å². The quantitative estimate of drug-likeness (QED) is 0.909. The van der Waals surface area contributed by atoms with Gasteiger partial charge in [-0.05, 0) is 18.4 Å². The number of halogens is 1. The van der Waals surface area contributed by atoms with Crippen LogP contribution < -0.4 is 4.72 Å². The lowest BCUT2D eigenvalue weighted by molar-refractivity contribution is -0.121. The number of sulfonamides is 1. The van der Waals surface area contributed by atoms with Gasteiger partial charge in [0.05, 0.1) is 12.5 Å². The van der Waals surface area contributed by atoms with E-state index in [4.69, 9.17) is 4.74 Å². The van der Waals surface area contributed by atoms with Crippen LogP contribution in [0.25, 0.3) is 0 Å². The van der Waals surface area contributed by atoms with Gasteiger partial charge in [-0.3, -0.25) is 9.52 Å². The van der Waals surface area contributed by atoms with Gasteiger partial charge in [-0.15, -0.1) is 0 Å². The highest BCUT2D eigenvalue weighted by atomic mass is 32.2. The van der Waals surface area contributed by atoms with Crippen molar-refractivity contribution in [2.75, 3.05) is 13.2 Å². The van der Waals surface area contributed by atoms with Crippen LogP contribution in [-0.2, 0) is 25.2 Å². The van der Waals surface area contributed by atoms with Crippen LogP contribution in [0.5, 0.6) is 0 Å². The summed E-state index contributed by atoms with van der Waals surface area (Å²) < 4.78 is 46.1. The Morgan fingerprint density at radius 2 is 2.05 bits per heavy atom. The smallest absolute Gasteiger partial charge is 0.240 e. The fourth-order valence-corrected chi connectivity index (χ4v) is 4.17. The summed E-state index contributed by atoms with van der Waals surface area (Å²) in [6.07, 6.45) is 1.10. The number of hydrogen-bond acceptors (Lipinski definition) is 4. The van der Waals surface area contributed by atoms with Crippen molar-refractivity contribution in [3.63, 3.8) is 0 Å². The van der Waals surface area contributed by atoms with Gasteiger partial charge in [-0.25, -0.2) is 12.8 Å². The molecule has 2 fully saturated rings. The van der Waals surface area contributed by atoms with Crippen LogP contribution in [0.2, 0.25) is 0 Å². The number of hydrogen-bond donors (Lipinski definition) is 1. The van der Waals surface area contributed by atoms with Crippen molar-refractivity contribution in [1.29, 1.82) is 0 Å². The molecular formula is C15H18FNO4S. The number of rotatable bonds is 4. The largest absolute Gasteiger partial charge is 0.380 e. The van der Waals surface area contributed by atoms with Gasteiger partial charge in [0.1, 0.15) is 10.9 Å². The van der Waals surface area contributed by atoms with Crippen molar-refractivity contribution >= 4 is 15.9 Å². The summed E-state index contributed by atoms with van der Waals surface area (Å²) in [5.74, 6) is -1.72. The summed E-state index contributed by atoms with van der Waals surface area (Å²) in [6.45, 7) is 0.608. The Balaban J connectivity index is 1.66. The van der Waals surface area contributed by atoms with Crippen molar-refractivity contribution in [2.45, 2.75) is 30.2 Å². The Hall–Kier alpha value is -1.47. The molecule has 1 aliphatic heterocycles. The molecule has 120 valence electrons. The van der Waals surface area contributed by atoms with Gasteiger partial charge in [0.15, 0.2) is 0 Å². The predicted molar refractivity (Wildman–Crippen MR) is 78.2 cm³/mol. The van der Waals surface area contributed by atoms with E-state index >= 15 is 0 Å². The second-order valence-corrected chi connectivity index (χ2v) is 7.80. The SMILES string of the molecule is O=C(NS(=O)(=O)C1CCCOC1)C1CC1(F)c1ccccc1. The molecular weight excluding hydrogens is 309 g/mol.